The van der Waals surface area contributed by atoms with Crippen molar-refractivity contribution in [3.63, 3.8) is 0 Å². The van der Waals surface area contributed by atoms with Gasteiger partial charge in [0, 0.05) is 0 Å². The fourth-order valence-electron chi connectivity index (χ4n) is 4.26. The van der Waals surface area contributed by atoms with Gasteiger partial charge in [-0.05, 0) is 0 Å². The number of hydrogen-bond acceptors (Lipinski definition) is 0. The molecule has 0 spiro atoms. The SMILES string of the molecule is Cn1cc[n+](CCC[PH](c2ccccc2)(c2ccccc2)c2ccccc2)c1.[Br-]. The Kier molecular flexibility index (Phi) is 7.41. The molecule has 29 heavy (non-hydrogen) atoms. The second-order valence-electron chi connectivity index (χ2n) is 7.42. The third-order valence-corrected chi connectivity index (χ3v) is 10.7. The van der Waals surface area contributed by atoms with Gasteiger partial charge in [0.2, 0.25) is 0 Å². The molecule has 0 aliphatic rings. The van der Waals surface area contributed by atoms with Crippen LogP contribution in [0.4, 0.5) is 0 Å². The molecular formula is C25H28BrN2P. The predicted octanol–water partition coefficient (Wildman–Crippen LogP) is 0.433. The van der Waals surface area contributed by atoms with Gasteiger partial charge in [-0.1, -0.05) is 0 Å². The quantitative estimate of drug-likeness (QED) is 0.276. The Bertz CT molecular complexity index is 904. The number of halogens is 1. The van der Waals surface area contributed by atoms with Gasteiger partial charge in [0.05, 0.1) is 0 Å². The van der Waals surface area contributed by atoms with Gasteiger partial charge in [0.25, 0.3) is 0 Å². The van der Waals surface area contributed by atoms with Crippen LogP contribution in [0.15, 0.2) is 110 Å². The van der Waals surface area contributed by atoms with Crippen molar-refractivity contribution in [1.82, 2.24) is 4.57 Å². The predicted molar refractivity (Wildman–Crippen MR) is 122 cm³/mol. The van der Waals surface area contributed by atoms with E-state index in [0.29, 0.717) is 0 Å². The average molecular weight is 467 g/mol. The van der Waals surface area contributed by atoms with Crippen LogP contribution >= 0.6 is 7.26 Å². The van der Waals surface area contributed by atoms with Crippen molar-refractivity contribution < 1.29 is 21.5 Å². The first-order chi connectivity index (χ1) is 13.8. The largest absolute Gasteiger partial charge is 1.00 e. The molecule has 1 heterocycles. The van der Waals surface area contributed by atoms with Gasteiger partial charge in [0.15, 0.2) is 0 Å². The summed E-state index contributed by atoms with van der Waals surface area (Å²) in [7, 11) is -0.0142. The Morgan fingerprint density at radius 1 is 0.724 bits per heavy atom. The molecule has 1 aromatic heterocycles. The van der Waals surface area contributed by atoms with Crippen molar-refractivity contribution in [2.45, 2.75) is 13.0 Å². The molecule has 0 aliphatic heterocycles. The van der Waals surface area contributed by atoms with Crippen molar-refractivity contribution in [3.8, 4) is 0 Å². The van der Waals surface area contributed by atoms with Crippen molar-refractivity contribution in [3.05, 3.63) is 110 Å². The second-order valence-corrected chi connectivity index (χ2v) is 11.5. The van der Waals surface area contributed by atoms with E-state index in [1.165, 1.54) is 22.1 Å². The van der Waals surface area contributed by atoms with Gasteiger partial charge in [-0.15, -0.1) is 0 Å². The van der Waals surface area contributed by atoms with Crippen LogP contribution in [0.5, 0.6) is 0 Å². The molecule has 0 saturated heterocycles. The van der Waals surface area contributed by atoms with Gasteiger partial charge in [-0.25, -0.2) is 0 Å². The number of aryl methyl sites for hydroxylation is 2. The van der Waals surface area contributed by atoms with Crippen molar-refractivity contribution in [2.75, 3.05) is 6.16 Å². The second kappa shape index (κ2) is 10.0. The molecule has 0 aliphatic carbocycles. The molecule has 0 fully saturated rings. The van der Waals surface area contributed by atoms with Gasteiger partial charge in [-0.3, -0.25) is 0 Å². The van der Waals surface area contributed by atoms with Crippen LogP contribution in [0.1, 0.15) is 6.42 Å². The van der Waals surface area contributed by atoms with Crippen LogP contribution in [-0.4, -0.2) is 10.7 Å². The number of nitrogens with zero attached hydrogens (tertiary/aromatic N) is 2. The van der Waals surface area contributed by atoms with E-state index in [1.54, 1.807) is 0 Å². The van der Waals surface area contributed by atoms with Crippen molar-refractivity contribution >= 4 is 23.2 Å². The van der Waals surface area contributed by atoms with E-state index >= 15 is 0 Å². The van der Waals surface area contributed by atoms with Crippen LogP contribution in [0.25, 0.3) is 0 Å². The van der Waals surface area contributed by atoms with Crippen LogP contribution in [0, 0.1) is 0 Å². The van der Waals surface area contributed by atoms with Crippen LogP contribution in [-0.2, 0) is 13.6 Å². The van der Waals surface area contributed by atoms with Crippen molar-refractivity contribution in [2.24, 2.45) is 7.05 Å². The Labute approximate surface area is 185 Å². The van der Waals surface area contributed by atoms with Crippen LogP contribution in [0.3, 0.4) is 0 Å². The summed E-state index contributed by atoms with van der Waals surface area (Å²) >= 11 is 0. The summed E-state index contributed by atoms with van der Waals surface area (Å²) in [6.45, 7) is 1.04. The maximum Gasteiger partial charge on any atom is -1.00 e. The summed E-state index contributed by atoms with van der Waals surface area (Å²) in [6.07, 6.45) is 8.77. The molecule has 0 N–H and O–H groups in total. The topological polar surface area (TPSA) is 8.81 Å². The number of benzene rings is 3. The summed E-state index contributed by atoms with van der Waals surface area (Å²) in [6, 6.07) is 33.5. The fourth-order valence-corrected chi connectivity index (χ4v) is 9.10. The average Bonchev–Trinajstić information content (AvgIpc) is 3.18. The van der Waals surface area contributed by atoms with Gasteiger partial charge in [0.1, 0.15) is 0 Å². The molecule has 4 aromatic rings. The Morgan fingerprint density at radius 3 is 1.55 bits per heavy atom. The Balaban J connectivity index is 0.00000240. The molecule has 4 heteroatoms. The maximum atomic E-state index is 2.34. The zero-order chi connectivity index (χ0) is 19.2. The summed E-state index contributed by atoms with van der Waals surface area (Å²) in [5, 5.41) is 4.47. The van der Waals surface area contributed by atoms with E-state index in [-0.39, 0.29) is 17.0 Å². The number of hydrogen-bond donors (Lipinski definition) is 0. The standard InChI is InChI=1S/C25H28N2P.BrH/c1-26-19-20-27(22-26)18-11-21-28(23-12-5-2-6-13-23,24-14-7-3-8-15-24)25-16-9-4-10-17-25;/h2-10,12-17,19-20,22,28H,11,18,21H2,1H3;1H/q+1;/p-1. The van der Waals surface area contributed by atoms with E-state index in [4.69, 9.17) is 0 Å². The third kappa shape index (κ3) is 4.69. The minimum atomic E-state index is -2.09. The molecule has 0 saturated carbocycles. The molecule has 0 bridgehead atoms. The van der Waals surface area contributed by atoms with Gasteiger partial charge < -0.3 is 17.0 Å². The molecule has 0 unspecified atom stereocenters. The van der Waals surface area contributed by atoms with Gasteiger partial charge in [-0.2, -0.15) is 0 Å². The first-order valence-corrected chi connectivity index (χ1v) is 12.2. The molecule has 0 amide bonds. The van der Waals surface area contributed by atoms with Crippen LogP contribution < -0.4 is 37.5 Å². The molecule has 4 rings (SSSR count). The minimum absolute atomic E-state index is 0. The van der Waals surface area contributed by atoms with E-state index in [1.807, 2.05) is 0 Å². The van der Waals surface area contributed by atoms with E-state index < -0.39 is 7.26 Å². The summed E-state index contributed by atoms with van der Waals surface area (Å²) in [4.78, 5) is 0. The molecule has 0 radical (unpaired) electrons. The number of aromatic nitrogens is 2. The van der Waals surface area contributed by atoms with Crippen LogP contribution in [0.2, 0.25) is 0 Å². The smallest absolute Gasteiger partial charge is 1.00 e. The summed E-state index contributed by atoms with van der Waals surface area (Å²) in [5.41, 5.74) is 0. The van der Waals surface area contributed by atoms with Crippen molar-refractivity contribution in [1.29, 1.82) is 0 Å². The number of rotatable bonds is 7. The first-order valence-electron chi connectivity index (χ1n) is 9.97. The maximum absolute atomic E-state index is 2.34. The monoisotopic (exact) mass is 466 g/mol. The molecule has 3 aromatic carbocycles. The van der Waals surface area contributed by atoms with Gasteiger partial charge >= 0.3 is 168 Å². The van der Waals surface area contributed by atoms with E-state index in [9.17, 15) is 0 Å². The third-order valence-electron chi connectivity index (χ3n) is 5.59. The molecule has 150 valence electrons. The number of imidazole rings is 1. The molecular weight excluding hydrogens is 439 g/mol. The fraction of sp³-hybridized carbons (Fsp3) is 0.160. The zero-order valence-electron chi connectivity index (χ0n) is 16.8. The zero-order valence-corrected chi connectivity index (χ0v) is 19.4. The molecule has 2 nitrogen and oxygen atoms in total. The first kappa shape index (κ1) is 21.5. The Hall–Kier alpha value is -2.22. The summed E-state index contributed by atoms with van der Waals surface area (Å²) in [5.74, 6) is 0. The summed E-state index contributed by atoms with van der Waals surface area (Å²) < 4.78 is 4.40. The minimum Gasteiger partial charge on any atom is -1.00 e. The van der Waals surface area contributed by atoms with E-state index in [0.717, 1.165) is 13.0 Å². The normalized spacial score (nSPS) is 11.6. The molecule has 0 atom stereocenters. The Morgan fingerprint density at radius 2 is 1.17 bits per heavy atom. The van der Waals surface area contributed by atoms with E-state index in [2.05, 4.69) is 126 Å².